The SMILES string of the molecule is COc1cccc(/C=C(/CC(=O)N[C@@H]2CC[C@H](C(N)=O)C2)c2nc3ccccc3s2)c1. The third kappa shape index (κ3) is 5.11. The lowest BCUT2D eigenvalue weighted by Gasteiger charge is -2.13. The molecule has 160 valence electrons. The Kier molecular flexibility index (Phi) is 6.32. The number of para-hydroxylation sites is 1. The number of rotatable bonds is 7. The Hall–Kier alpha value is -3.19. The number of nitrogens with one attached hydrogen (secondary N) is 1. The Morgan fingerprint density at radius 3 is 2.81 bits per heavy atom. The number of carbonyl (C=O) groups excluding carboxylic acids is 2. The lowest BCUT2D eigenvalue weighted by molar-refractivity contribution is -0.123. The van der Waals surface area contributed by atoms with Gasteiger partial charge >= 0.3 is 0 Å². The van der Waals surface area contributed by atoms with Gasteiger partial charge in [0.2, 0.25) is 11.8 Å². The molecule has 2 aromatic carbocycles. The Balaban J connectivity index is 1.58. The second-order valence-corrected chi connectivity index (χ2v) is 8.82. The lowest BCUT2D eigenvalue weighted by atomic mass is 10.1. The number of carbonyl (C=O) groups is 2. The van der Waals surface area contributed by atoms with Gasteiger partial charge in [-0.3, -0.25) is 9.59 Å². The van der Waals surface area contributed by atoms with Crippen molar-refractivity contribution in [1.29, 1.82) is 0 Å². The van der Waals surface area contributed by atoms with Crippen molar-refractivity contribution in [3.05, 3.63) is 59.1 Å². The molecule has 2 atom stereocenters. The number of thiazole rings is 1. The van der Waals surface area contributed by atoms with Crippen LogP contribution in [0.25, 0.3) is 21.9 Å². The summed E-state index contributed by atoms with van der Waals surface area (Å²) in [5.74, 6) is 0.236. The second kappa shape index (κ2) is 9.31. The summed E-state index contributed by atoms with van der Waals surface area (Å²) in [4.78, 5) is 29.0. The van der Waals surface area contributed by atoms with Crippen LogP contribution in [0.4, 0.5) is 0 Å². The third-order valence-corrected chi connectivity index (χ3v) is 6.67. The van der Waals surface area contributed by atoms with Crippen LogP contribution in [0.5, 0.6) is 5.75 Å². The Bertz CT molecular complexity index is 1100. The van der Waals surface area contributed by atoms with Crippen molar-refractivity contribution in [2.24, 2.45) is 11.7 Å². The van der Waals surface area contributed by atoms with Crippen molar-refractivity contribution in [3.8, 4) is 5.75 Å². The van der Waals surface area contributed by atoms with E-state index in [0.717, 1.165) is 45.0 Å². The van der Waals surface area contributed by atoms with Crippen LogP contribution in [0.15, 0.2) is 48.5 Å². The van der Waals surface area contributed by atoms with E-state index in [1.165, 1.54) is 0 Å². The fourth-order valence-electron chi connectivity index (χ4n) is 3.95. The fraction of sp³-hybridized carbons (Fsp3) is 0.292. The number of hydrogen-bond donors (Lipinski definition) is 2. The standard InChI is InChI=1S/C24H25N3O3S/c1-30-19-6-4-5-15(12-19)11-17(24-27-20-7-2-3-8-21(20)31-24)14-22(28)26-18-10-9-16(13-18)23(25)29/h2-8,11-12,16,18H,9-10,13-14H2,1H3,(H2,25,29)(H,26,28)/b17-11-/t16-,18+/m0/s1. The highest BCUT2D eigenvalue weighted by atomic mass is 32.1. The number of fused-ring (bicyclic) bond motifs is 1. The molecule has 2 amide bonds. The van der Waals surface area contributed by atoms with E-state index in [4.69, 9.17) is 15.5 Å². The van der Waals surface area contributed by atoms with Crippen LogP contribution in [-0.4, -0.2) is 29.9 Å². The zero-order valence-corrected chi connectivity index (χ0v) is 18.2. The molecular formula is C24H25N3O3S. The van der Waals surface area contributed by atoms with Gasteiger partial charge in [-0.25, -0.2) is 4.98 Å². The van der Waals surface area contributed by atoms with E-state index in [9.17, 15) is 9.59 Å². The number of aromatic nitrogens is 1. The van der Waals surface area contributed by atoms with Crippen molar-refractivity contribution in [1.82, 2.24) is 10.3 Å². The molecule has 6 nitrogen and oxygen atoms in total. The van der Waals surface area contributed by atoms with Gasteiger partial charge in [0, 0.05) is 12.0 Å². The molecule has 31 heavy (non-hydrogen) atoms. The van der Waals surface area contributed by atoms with Crippen LogP contribution >= 0.6 is 11.3 Å². The van der Waals surface area contributed by atoms with Gasteiger partial charge in [-0.1, -0.05) is 24.3 Å². The predicted molar refractivity (Wildman–Crippen MR) is 124 cm³/mol. The lowest BCUT2D eigenvalue weighted by Crippen LogP contribution is -2.33. The normalized spacial score (nSPS) is 18.8. The average molecular weight is 436 g/mol. The maximum absolute atomic E-state index is 12.9. The van der Waals surface area contributed by atoms with E-state index in [1.54, 1.807) is 18.4 Å². The highest BCUT2D eigenvalue weighted by molar-refractivity contribution is 7.19. The van der Waals surface area contributed by atoms with Crippen LogP contribution in [0.2, 0.25) is 0 Å². The largest absolute Gasteiger partial charge is 0.497 e. The first-order valence-electron chi connectivity index (χ1n) is 10.3. The summed E-state index contributed by atoms with van der Waals surface area (Å²) in [5.41, 5.74) is 8.12. The Morgan fingerprint density at radius 1 is 1.23 bits per heavy atom. The Morgan fingerprint density at radius 2 is 2.06 bits per heavy atom. The number of nitrogens with two attached hydrogens (primary N) is 1. The highest BCUT2D eigenvalue weighted by Gasteiger charge is 2.29. The van der Waals surface area contributed by atoms with Gasteiger partial charge < -0.3 is 15.8 Å². The molecule has 4 rings (SSSR count). The summed E-state index contributed by atoms with van der Waals surface area (Å²) < 4.78 is 6.41. The van der Waals surface area contributed by atoms with Crippen LogP contribution in [-0.2, 0) is 9.59 Å². The summed E-state index contributed by atoms with van der Waals surface area (Å²) in [6.45, 7) is 0. The van der Waals surface area contributed by atoms with Crippen molar-refractivity contribution < 1.29 is 14.3 Å². The molecule has 0 saturated heterocycles. The summed E-state index contributed by atoms with van der Waals surface area (Å²) in [5, 5.41) is 3.89. The number of primary amides is 1. The highest BCUT2D eigenvalue weighted by Crippen LogP contribution is 2.31. The second-order valence-electron chi connectivity index (χ2n) is 7.79. The van der Waals surface area contributed by atoms with Crippen molar-refractivity contribution in [2.45, 2.75) is 31.7 Å². The van der Waals surface area contributed by atoms with Crippen LogP contribution < -0.4 is 15.8 Å². The van der Waals surface area contributed by atoms with Gasteiger partial charge in [0.1, 0.15) is 10.8 Å². The number of amides is 2. The Labute approximate surface area is 185 Å². The van der Waals surface area contributed by atoms with E-state index in [-0.39, 0.29) is 30.2 Å². The summed E-state index contributed by atoms with van der Waals surface area (Å²) in [7, 11) is 1.63. The molecule has 1 saturated carbocycles. The smallest absolute Gasteiger partial charge is 0.224 e. The number of methoxy groups -OCH3 is 1. The third-order valence-electron chi connectivity index (χ3n) is 5.55. The molecule has 0 unspecified atom stereocenters. The monoisotopic (exact) mass is 435 g/mol. The zero-order chi connectivity index (χ0) is 21.8. The molecule has 1 aromatic heterocycles. The van der Waals surface area contributed by atoms with Crippen LogP contribution in [0.1, 0.15) is 36.3 Å². The van der Waals surface area contributed by atoms with Crippen LogP contribution in [0, 0.1) is 5.92 Å². The van der Waals surface area contributed by atoms with Gasteiger partial charge in [-0.15, -0.1) is 11.3 Å². The molecule has 3 aromatic rings. The summed E-state index contributed by atoms with van der Waals surface area (Å²) >= 11 is 1.57. The number of hydrogen-bond acceptors (Lipinski definition) is 5. The van der Waals surface area contributed by atoms with Crippen molar-refractivity contribution in [2.75, 3.05) is 7.11 Å². The van der Waals surface area contributed by atoms with E-state index < -0.39 is 0 Å². The molecule has 1 aliphatic rings. The minimum Gasteiger partial charge on any atom is -0.497 e. The molecule has 1 aliphatic carbocycles. The fourth-order valence-corrected chi connectivity index (χ4v) is 4.93. The quantitative estimate of drug-likeness (QED) is 0.586. The maximum Gasteiger partial charge on any atom is 0.224 e. The first-order valence-corrected chi connectivity index (χ1v) is 11.1. The van der Waals surface area contributed by atoms with E-state index in [1.807, 2.05) is 54.6 Å². The van der Waals surface area contributed by atoms with Gasteiger partial charge in [0.25, 0.3) is 0 Å². The molecule has 0 spiro atoms. The molecule has 0 bridgehead atoms. The number of benzene rings is 2. The molecule has 1 heterocycles. The average Bonchev–Trinajstić information content (AvgIpc) is 3.40. The molecular weight excluding hydrogens is 410 g/mol. The number of nitrogens with zero attached hydrogens (tertiary/aromatic N) is 1. The first kappa shape index (κ1) is 21.1. The van der Waals surface area contributed by atoms with Crippen molar-refractivity contribution in [3.63, 3.8) is 0 Å². The topological polar surface area (TPSA) is 94.3 Å². The zero-order valence-electron chi connectivity index (χ0n) is 17.3. The maximum atomic E-state index is 12.9. The molecule has 0 radical (unpaired) electrons. The minimum absolute atomic E-state index is 0.0153. The van der Waals surface area contributed by atoms with E-state index in [2.05, 4.69) is 5.32 Å². The predicted octanol–water partition coefficient (Wildman–Crippen LogP) is 4.01. The van der Waals surface area contributed by atoms with Gasteiger partial charge in [-0.2, -0.15) is 0 Å². The summed E-state index contributed by atoms with van der Waals surface area (Å²) in [6.07, 6.45) is 4.30. The first-order chi connectivity index (χ1) is 15.0. The van der Waals surface area contributed by atoms with E-state index >= 15 is 0 Å². The molecule has 7 heteroatoms. The molecule has 3 N–H and O–H groups in total. The number of ether oxygens (including phenoxy) is 1. The van der Waals surface area contributed by atoms with Gasteiger partial charge in [0.05, 0.1) is 23.7 Å². The minimum atomic E-state index is -0.287. The van der Waals surface area contributed by atoms with Gasteiger partial charge in [0.15, 0.2) is 0 Å². The molecule has 0 aliphatic heterocycles. The van der Waals surface area contributed by atoms with Gasteiger partial charge in [-0.05, 0) is 60.7 Å². The van der Waals surface area contributed by atoms with E-state index in [0.29, 0.717) is 6.42 Å². The summed E-state index contributed by atoms with van der Waals surface area (Å²) in [6, 6.07) is 15.6. The van der Waals surface area contributed by atoms with Crippen LogP contribution in [0.3, 0.4) is 0 Å². The van der Waals surface area contributed by atoms with Crippen molar-refractivity contribution >= 4 is 45.0 Å². The molecule has 1 fully saturated rings.